The predicted octanol–water partition coefficient (Wildman–Crippen LogP) is 3.56. The SMILES string of the molecule is Clc1ccc2c(c1)C(c1cccnc1)=NNC(c1cccnc1)=N2. The molecule has 0 saturated carbocycles. The van der Waals surface area contributed by atoms with E-state index in [1.807, 2.05) is 42.5 Å². The largest absolute Gasteiger partial charge is 0.264 e. The van der Waals surface area contributed by atoms with Crippen molar-refractivity contribution in [3.05, 3.63) is 89.0 Å². The van der Waals surface area contributed by atoms with E-state index in [4.69, 9.17) is 16.6 Å². The number of pyridine rings is 2. The van der Waals surface area contributed by atoms with Gasteiger partial charge in [0.25, 0.3) is 0 Å². The molecule has 116 valence electrons. The van der Waals surface area contributed by atoms with Crippen LogP contribution in [0.4, 0.5) is 5.69 Å². The van der Waals surface area contributed by atoms with Crippen molar-refractivity contribution >= 4 is 28.8 Å². The summed E-state index contributed by atoms with van der Waals surface area (Å²) in [7, 11) is 0. The van der Waals surface area contributed by atoms with E-state index >= 15 is 0 Å². The lowest BCUT2D eigenvalue weighted by Gasteiger charge is -2.07. The Kier molecular flexibility index (Phi) is 3.76. The van der Waals surface area contributed by atoms with E-state index in [1.54, 1.807) is 24.8 Å². The van der Waals surface area contributed by atoms with Gasteiger partial charge in [-0.05, 0) is 42.5 Å². The molecule has 0 aliphatic carbocycles. The lowest BCUT2D eigenvalue weighted by atomic mass is 10.0. The first-order valence-electron chi connectivity index (χ1n) is 7.34. The third-order valence-electron chi connectivity index (χ3n) is 3.59. The molecule has 1 aliphatic heterocycles. The molecule has 0 spiro atoms. The van der Waals surface area contributed by atoms with Gasteiger partial charge in [-0.3, -0.25) is 15.4 Å². The van der Waals surface area contributed by atoms with Gasteiger partial charge < -0.3 is 0 Å². The number of halogens is 1. The van der Waals surface area contributed by atoms with E-state index in [1.165, 1.54) is 0 Å². The molecule has 6 heteroatoms. The van der Waals surface area contributed by atoms with Gasteiger partial charge in [0.1, 0.15) is 5.71 Å². The molecule has 1 aromatic carbocycles. The van der Waals surface area contributed by atoms with E-state index in [0.717, 1.165) is 28.1 Å². The number of nitrogens with zero attached hydrogens (tertiary/aromatic N) is 4. The minimum atomic E-state index is 0.630. The molecule has 24 heavy (non-hydrogen) atoms. The summed E-state index contributed by atoms with van der Waals surface area (Å²) in [5, 5.41) is 5.17. The maximum absolute atomic E-state index is 6.19. The maximum Gasteiger partial charge on any atom is 0.155 e. The van der Waals surface area contributed by atoms with Gasteiger partial charge in [0.2, 0.25) is 0 Å². The Hall–Kier alpha value is -3.05. The van der Waals surface area contributed by atoms with E-state index < -0.39 is 0 Å². The number of hydrogen-bond acceptors (Lipinski definition) is 5. The third-order valence-corrected chi connectivity index (χ3v) is 3.82. The van der Waals surface area contributed by atoms with E-state index in [9.17, 15) is 0 Å². The van der Waals surface area contributed by atoms with Crippen LogP contribution in [-0.4, -0.2) is 21.5 Å². The quantitative estimate of drug-likeness (QED) is 0.780. The van der Waals surface area contributed by atoms with Crippen LogP contribution in [0.1, 0.15) is 16.7 Å². The molecule has 1 N–H and O–H groups in total. The topological polar surface area (TPSA) is 62.5 Å². The molecule has 0 amide bonds. The molecular weight excluding hydrogens is 322 g/mol. The lowest BCUT2D eigenvalue weighted by molar-refractivity contribution is 1.03. The minimum Gasteiger partial charge on any atom is -0.264 e. The molecule has 3 heterocycles. The van der Waals surface area contributed by atoms with Crippen LogP contribution in [0.5, 0.6) is 0 Å². The molecule has 0 radical (unpaired) electrons. The van der Waals surface area contributed by atoms with Crippen molar-refractivity contribution in [1.29, 1.82) is 0 Å². The summed E-state index contributed by atoms with van der Waals surface area (Å²) >= 11 is 6.19. The number of amidine groups is 1. The fourth-order valence-electron chi connectivity index (χ4n) is 2.46. The first-order valence-corrected chi connectivity index (χ1v) is 7.72. The molecular formula is C18H12ClN5. The summed E-state index contributed by atoms with van der Waals surface area (Å²) in [6, 6.07) is 13.2. The number of hydrazone groups is 1. The standard InChI is InChI=1S/C18H12ClN5/c19-14-5-6-16-15(9-14)17(12-3-1-7-20-10-12)23-24-18(22-16)13-4-2-8-21-11-13/h1-11H,(H,22,24). The molecule has 5 nitrogen and oxygen atoms in total. The summed E-state index contributed by atoms with van der Waals surface area (Å²) in [5.74, 6) is 0.630. The second-order valence-electron chi connectivity index (χ2n) is 5.18. The molecule has 0 unspecified atom stereocenters. The van der Waals surface area contributed by atoms with Gasteiger partial charge in [-0.1, -0.05) is 11.6 Å². The van der Waals surface area contributed by atoms with E-state index in [-0.39, 0.29) is 0 Å². The number of fused-ring (bicyclic) bond motifs is 1. The van der Waals surface area contributed by atoms with Crippen LogP contribution in [0, 0.1) is 0 Å². The zero-order valence-corrected chi connectivity index (χ0v) is 13.3. The second kappa shape index (κ2) is 6.22. The fraction of sp³-hybridized carbons (Fsp3) is 0. The molecule has 0 fully saturated rings. The summed E-state index contributed by atoms with van der Waals surface area (Å²) in [4.78, 5) is 13.0. The first kappa shape index (κ1) is 14.5. The van der Waals surface area contributed by atoms with Crippen molar-refractivity contribution in [1.82, 2.24) is 15.4 Å². The van der Waals surface area contributed by atoms with Crippen molar-refractivity contribution in [2.24, 2.45) is 10.1 Å². The third kappa shape index (κ3) is 2.77. The van der Waals surface area contributed by atoms with Crippen LogP contribution < -0.4 is 5.43 Å². The first-order chi connectivity index (χ1) is 11.8. The normalized spacial score (nSPS) is 13.2. The smallest absolute Gasteiger partial charge is 0.155 e. The van der Waals surface area contributed by atoms with E-state index in [2.05, 4.69) is 20.5 Å². The Morgan fingerprint density at radius 1 is 0.875 bits per heavy atom. The highest BCUT2D eigenvalue weighted by atomic mass is 35.5. The van der Waals surface area contributed by atoms with Gasteiger partial charge in [0.15, 0.2) is 5.84 Å². The molecule has 1 aliphatic rings. The summed E-state index contributed by atoms with van der Waals surface area (Å²) in [6.07, 6.45) is 6.95. The molecule has 2 aromatic heterocycles. The van der Waals surface area contributed by atoms with Gasteiger partial charge in [-0.2, -0.15) is 5.10 Å². The van der Waals surface area contributed by atoms with E-state index in [0.29, 0.717) is 10.9 Å². The van der Waals surface area contributed by atoms with Gasteiger partial charge >= 0.3 is 0 Å². The zero-order chi connectivity index (χ0) is 16.4. The molecule has 0 bridgehead atoms. The van der Waals surface area contributed by atoms with Gasteiger partial charge in [0, 0.05) is 46.5 Å². The van der Waals surface area contributed by atoms with Gasteiger partial charge in [-0.15, -0.1) is 0 Å². The number of hydrogen-bond donors (Lipinski definition) is 1. The Morgan fingerprint density at radius 3 is 2.33 bits per heavy atom. The number of nitrogens with one attached hydrogen (secondary N) is 1. The predicted molar refractivity (Wildman–Crippen MR) is 94.9 cm³/mol. The minimum absolute atomic E-state index is 0.630. The number of aliphatic imine (C=N–C) groups is 1. The average Bonchev–Trinajstić information content (AvgIpc) is 2.82. The van der Waals surface area contributed by atoms with Gasteiger partial charge in [-0.25, -0.2) is 4.99 Å². The summed E-state index contributed by atoms with van der Waals surface area (Å²) in [5.41, 5.74) is 7.15. The monoisotopic (exact) mass is 333 g/mol. The molecule has 0 saturated heterocycles. The van der Waals surface area contributed by atoms with Crippen molar-refractivity contribution in [2.45, 2.75) is 0 Å². The molecule has 3 aromatic rings. The summed E-state index contributed by atoms with van der Waals surface area (Å²) < 4.78 is 0. The van der Waals surface area contributed by atoms with Crippen LogP contribution in [0.15, 0.2) is 77.3 Å². The Morgan fingerprint density at radius 2 is 1.62 bits per heavy atom. The number of benzene rings is 1. The number of aromatic nitrogens is 2. The van der Waals surface area contributed by atoms with Crippen molar-refractivity contribution in [3.8, 4) is 0 Å². The van der Waals surface area contributed by atoms with Crippen LogP contribution in [-0.2, 0) is 0 Å². The van der Waals surface area contributed by atoms with Crippen LogP contribution in [0.2, 0.25) is 5.02 Å². The number of rotatable bonds is 2. The average molecular weight is 334 g/mol. The molecule has 0 atom stereocenters. The van der Waals surface area contributed by atoms with Crippen LogP contribution in [0.25, 0.3) is 0 Å². The van der Waals surface area contributed by atoms with Crippen LogP contribution in [0.3, 0.4) is 0 Å². The summed E-state index contributed by atoms with van der Waals surface area (Å²) in [6.45, 7) is 0. The maximum atomic E-state index is 6.19. The Labute approximate surface area is 143 Å². The zero-order valence-electron chi connectivity index (χ0n) is 12.5. The highest BCUT2D eigenvalue weighted by Gasteiger charge is 2.17. The van der Waals surface area contributed by atoms with Crippen LogP contribution >= 0.6 is 11.6 Å². The second-order valence-corrected chi connectivity index (χ2v) is 5.61. The lowest BCUT2D eigenvalue weighted by Crippen LogP contribution is -2.19. The highest BCUT2D eigenvalue weighted by molar-refractivity contribution is 6.31. The van der Waals surface area contributed by atoms with Crippen molar-refractivity contribution < 1.29 is 0 Å². The van der Waals surface area contributed by atoms with Gasteiger partial charge in [0.05, 0.1) is 5.69 Å². The Balaban J connectivity index is 1.89. The Bertz CT molecular complexity index is 936. The van der Waals surface area contributed by atoms with Crippen molar-refractivity contribution in [3.63, 3.8) is 0 Å². The molecule has 4 rings (SSSR count). The fourth-order valence-corrected chi connectivity index (χ4v) is 2.64. The highest BCUT2D eigenvalue weighted by Crippen LogP contribution is 2.28. The van der Waals surface area contributed by atoms with Crippen molar-refractivity contribution in [2.75, 3.05) is 0 Å².